The quantitative estimate of drug-likeness (QED) is 0.132. The topological polar surface area (TPSA) is 168 Å². The maximum atomic E-state index is 14.6. The predicted molar refractivity (Wildman–Crippen MR) is 162 cm³/mol. The number of carbonyl (C=O) groups excluding carboxylic acids is 3. The third-order valence-corrected chi connectivity index (χ3v) is 7.01. The standard InChI is InChI=1S/C33H34N6O3/c34-30(35)27-13-7-8-24(18-27)19-28(31(36)40)39(21-23-16-14-22(15-17-23)20-38-33(37)42)32(41)29(25-9-3-1-4-10-25)26-11-5-2-6-12-26/h1-18,28-29H,19-21H2,(H3,34,35)(H2,36,40)(H3,37,38,42)/t28-/m0/s1. The largest absolute Gasteiger partial charge is 0.384 e. The van der Waals surface area contributed by atoms with Crippen LogP contribution in [0.2, 0.25) is 0 Å². The molecule has 0 bridgehead atoms. The van der Waals surface area contributed by atoms with Gasteiger partial charge in [0.05, 0.1) is 5.92 Å². The van der Waals surface area contributed by atoms with Gasteiger partial charge in [0.15, 0.2) is 0 Å². The van der Waals surface area contributed by atoms with Gasteiger partial charge in [0.2, 0.25) is 11.8 Å². The number of nitrogens with zero attached hydrogens (tertiary/aromatic N) is 1. The van der Waals surface area contributed by atoms with Crippen molar-refractivity contribution in [3.05, 3.63) is 143 Å². The molecule has 0 saturated heterocycles. The van der Waals surface area contributed by atoms with Crippen molar-refractivity contribution in [3.8, 4) is 0 Å². The van der Waals surface area contributed by atoms with Gasteiger partial charge in [0.1, 0.15) is 11.9 Å². The molecular weight excluding hydrogens is 528 g/mol. The van der Waals surface area contributed by atoms with Crippen LogP contribution in [-0.4, -0.2) is 34.6 Å². The first-order valence-corrected chi connectivity index (χ1v) is 13.5. The monoisotopic (exact) mass is 562 g/mol. The Balaban J connectivity index is 1.76. The summed E-state index contributed by atoms with van der Waals surface area (Å²) < 4.78 is 0. The van der Waals surface area contributed by atoms with E-state index < -0.39 is 23.9 Å². The lowest BCUT2D eigenvalue weighted by Crippen LogP contribution is -2.50. The predicted octanol–water partition coefficient (Wildman–Crippen LogP) is 3.40. The van der Waals surface area contributed by atoms with Gasteiger partial charge in [-0.1, -0.05) is 103 Å². The molecule has 9 heteroatoms. The normalized spacial score (nSPS) is 11.5. The maximum Gasteiger partial charge on any atom is 0.312 e. The average Bonchev–Trinajstić information content (AvgIpc) is 2.99. The van der Waals surface area contributed by atoms with Crippen LogP contribution >= 0.6 is 0 Å². The summed E-state index contributed by atoms with van der Waals surface area (Å²) in [6, 6.07) is 31.6. The molecule has 9 nitrogen and oxygen atoms in total. The molecule has 4 amide bonds. The van der Waals surface area contributed by atoms with Crippen molar-refractivity contribution < 1.29 is 14.4 Å². The number of urea groups is 1. The van der Waals surface area contributed by atoms with E-state index in [-0.39, 0.29) is 31.3 Å². The highest BCUT2D eigenvalue weighted by Gasteiger charge is 2.34. The van der Waals surface area contributed by atoms with Crippen LogP contribution in [0.25, 0.3) is 0 Å². The fourth-order valence-electron chi connectivity index (χ4n) is 4.88. The molecule has 0 aliphatic carbocycles. The Morgan fingerprint density at radius 2 is 1.29 bits per heavy atom. The minimum absolute atomic E-state index is 0.0976. The second-order valence-electron chi connectivity index (χ2n) is 9.99. The molecule has 0 heterocycles. The van der Waals surface area contributed by atoms with Gasteiger partial charge in [0.25, 0.3) is 0 Å². The van der Waals surface area contributed by atoms with Gasteiger partial charge in [-0.25, -0.2) is 4.79 Å². The number of rotatable bonds is 12. The number of amides is 4. The van der Waals surface area contributed by atoms with Crippen molar-refractivity contribution in [2.75, 3.05) is 0 Å². The van der Waals surface area contributed by atoms with Crippen molar-refractivity contribution >= 4 is 23.7 Å². The lowest BCUT2D eigenvalue weighted by Gasteiger charge is -2.33. The Labute approximate surface area is 244 Å². The van der Waals surface area contributed by atoms with Crippen LogP contribution in [0.1, 0.15) is 39.3 Å². The van der Waals surface area contributed by atoms with E-state index in [0.717, 1.165) is 22.3 Å². The van der Waals surface area contributed by atoms with Crippen molar-refractivity contribution in [2.45, 2.75) is 31.5 Å². The van der Waals surface area contributed by atoms with Crippen LogP contribution in [0.3, 0.4) is 0 Å². The van der Waals surface area contributed by atoms with Gasteiger partial charge in [-0.2, -0.15) is 0 Å². The molecule has 4 aromatic rings. The molecule has 42 heavy (non-hydrogen) atoms. The number of nitrogens with two attached hydrogens (primary N) is 3. The molecule has 214 valence electrons. The molecule has 0 saturated carbocycles. The van der Waals surface area contributed by atoms with Crippen molar-refractivity contribution in [3.63, 3.8) is 0 Å². The molecule has 0 unspecified atom stereocenters. The highest BCUT2D eigenvalue weighted by Crippen LogP contribution is 2.29. The van der Waals surface area contributed by atoms with Gasteiger partial charge >= 0.3 is 6.03 Å². The number of primary amides is 2. The fourth-order valence-corrected chi connectivity index (χ4v) is 4.88. The Morgan fingerprint density at radius 1 is 0.714 bits per heavy atom. The van der Waals surface area contributed by atoms with E-state index in [4.69, 9.17) is 22.6 Å². The molecule has 4 rings (SSSR count). The van der Waals surface area contributed by atoms with E-state index in [1.165, 1.54) is 4.90 Å². The summed E-state index contributed by atoms with van der Waals surface area (Å²) in [7, 11) is 0. The molecule has 0 radical (unpaired) electrons. The zero-order valence-corrected chi connectivity index (χ0v) is 23.1. The van der Waals surface area contributed by atoms with E-state index in [1.807, 2.05) is 91.0 Å². The van der Waals surface area contributed by atoms with E-state index in [1.54, 1.807) is 18.2 Å². The number of hydrogen-bond donors (Lipinski definition) is 5. The summed E-state index contributed by atoms with van der Waals surface area (Å²) in [6.07, 6.45) is 0.138. The van der Waals surface area contributed by atoms with Crippen molar-refractivity contribution in [1.29, 1.82) is 5.41 Å². The lowest BCUT2D eigenvalue weighted by atomic mass is 9.88. The first kappa shape index (κ1) is 29.5. The number of hydrogen-bond acceptors (Lipinski definition) is 4. The number of amidine groups is 1. The van der Waals surface area contributed by atoms with Gasteiger partial charge < -0.3 is 27.4 Å². The van der Waals surface area contributed by atoms with Crippen LogP contribution < -0.4 is 22.5 Å². The Hall–Kier alpha value is -5.44. The van der Waals surface area contributed by atoms with Crippen LogP contribution in [0, 0.1) is 5.41 Å². The number of carbonyl (C=O) groups is 3. The van der Waals surface area contributed by atoms with Gasteiger partial charge in [0, 0.05) is 25.1 Å². The van der Waals surface area contributed by atoms with E-state index in [2.05, 4.69) is 5.32 Å². The SMILES string of the molecule is N=C(N)c1cccc(C[C@@H](C(N)=O)N(Cc2ccc(CNC(N)=O)cc2)C(=O)C(c2ccccc2)c2ccccc2)c1. The summed E-state index contributed by atoms with van der Waals surface area (Å²) in [5, 5.41) is 10.4. The molecule has 8 N–H and O–H groups in total. The highest BCUT2D eigenvalue weighted by atomic mass is 16.2. The van der Waals surface area contributed by atoms with Crippen LogP contribution in [-0.2, 0) is 29.1 Å². The van der Waals surface area contributed by atoms with Gasteiger partial charge in [-0.15, -0.1) is 0 Å². The van der Waals surface area contributed by atoms with Gasteiger partial charge in [-0.05, 0) is 33.9 Å². The molecule has 0 fully saturated rings. The first-order valence-electron chi connectivity index (χ1n) is 13.5. The lowest BCUT2D eigenvalue weighted by molar-refractivity contribution is -0.140. The average molecular weight is 563 g/mol. The van der Waals surface area contributed by atoms with Crippen LogP contribution in [0.15, 0.2) is 109 Å². The van der Waals surface area contributed by atoms with Crippen molar-refractivity contribution in [1.82, 2.24) is 10.2 Å². The second kappa shape index (κ2) is 13.8. The zero-order valence-electron chi connectivity index (χ0n) is 23.1. The number of benzene rings is 4. The third kappa shape index (κ3) is 7.60. The fraction of sp³-hybridized carbons (Fsp3) is 0.152. The Bertz CT molecular complexity index is 1500. The summed E-state index contributed by atoms with van der Waals surface area (Å²) in [5.74, 6) is -1.71. The molecule has 0 aliphatic heterocycles. The second-order valence-corrected chi connectivity index (χ2v) is 9.99. The molecule has 1 atom stereocenters. The van der Waals surface area contributed by atoms with E-state index in [9.17, 15) is 14.4 Å². The molecule has 0 aromatic heterocycles. The summed E-state index contributed by atoms with van der Waals surface area (Å²) >= 11 is 0. The van der Waals surface area contributed by atoms with E-state index in [0.29, 0.717) is 11.1 Å². The first-order chi connectivity index (χ1) is 20.2. The Kier molecular flexibility index (Phi) is 9.68. The molecule has 4 aromatic carbocycles. The van der Waals surface area contributed by atoms with Crippen LogP contribution in [0.4, 0.5) is 4.79 Å². The summed E-state index contributed by atoms with van der Waals surface area (Å²) in [4.78, 5) is 40.3. The zero-order chi connectivity index (χ0) is 30.1. The summed E-state index contributed by atoms with van der Waals surface area (Å²) in [6.45, 7) is 0.372. The maximum absolute atomic E-state index is 14.6. The minimum Gasteiger partial charge on any atom is -0.384 e. The number of nitrogens with one attached hydrogen (secondary N) is 2. The number of nitrogen functional groups attached to an aromatic ring is 1. The third-order valence-electron chi connectivity index (χ3n) is 7.01. The minimum atomic E-state index is -0.995. The molecule has 0 spiro atoms. The molecule has 0 aliphatic rings. The summed E-state index contributed by atoms with van der Waals surface area (Å²) in [5.41, 5.74) is 21.3. The smallest absolute Gasteiger partial charge is 0.312 e. The Morgan fingerprint density at radius 3 is 1.81 bits per heavy atom. The van der Waals surface area contributed by atoms with E-state index >= 15 is 0 Å². The molecular formula is C33H34N6O3. The highest BCUT2D eigenvalue weighted by molar-refractivity contribution is 5.95. The van der Waals surface area contributed by atoms with Gasteiger partial charge in [-0.3, -0.25) is 15.0 Å². The van der Waals surface area contributed by atoms with Crippen LogP contribution in [0.5, 0.6) is 0 Å². The van der Waals surface area contributed by atoms with Crippen molar-refractivity contribution in [2.24, 2.45) is 17.2 Å².